The second kappa shape index (κ2) is 6.07. The number of benzene rings is 1. The van der Waals surface area contributed by atoms with Gasteiger partial charge in [0.05, 0.1) is 12.2 Å². The molecule has 126 valence electrons. The quantitative estimate of drug-likeness (QED) is 0.918. The van der Waals surface area contributed by atoms with Crippen molar-refractivity contribution >= 4 is 11.6 Å². The van der Waals surface area contributed by atoms with Crippen LogP contribution in [0.5, 0.6) is 5.75 Å². The number of aromatic nitrogens is 1. The second-order valence-electron chi connectivity index (χ2n) is 5.57. The van der Waals surface area contributed by atoms with Crippen LogP contribution in [-0.4, -0.2) is 24.0 Å². The number of aryl methyl sites for hydroxylation is 2. The van der Waals surface area contributed by atoms with Gasteiger partial charge in [-0.2, -0.15) is 0 Å². The number of H-pyrrole nitrogens is 1. The first-order valence-electron chi connectivity index (χ1n) is 7.59. The molecule has 1 aliphatic heterocycles. The van der Waals surface area contributed by atoms with Crippen molar-refractivity contribution in [1.82, 2.24) is 4.98 Å². The van der Waals surface area contributed by atoms with Gasteiger partial charge in [-0.1, -0.05) is 6.92 Å². The van der Waals surface area contributed by atoms with Crippen LogP contribution in [0.1, 0.15) is 28.5 Å². The van der Waals surface area contributed by atoms with E-state index in [1.165, 1.54) is 11.0 Å². The zero-order chi connectivity index (χ0) is 17.4. The van der Waals surface area contributed by atoms with Crippen molar-refractivity contribution in [3.63, 3.8) is 0 Å². The normalized spacial score (nSPS) is 13.4. The molecule has 0 aliphatic carbocycles. The molecule has 0 bridgehead atoms. The molecule has 2 aromatic rings. The van der Waals surface area contributed by atoms with Crippen LogP contribution in [-0.2, 0) is 6.42 Å². The number of nitrogens with zero attached hydrogens (tertiary/aromatic N) is 1. The number of ether oxygens (including phenoxy) is 1. The molecule has 1 N–H and O–H groups in total. The van der Waals surface area contributed by atoms with E-state index in [0.29, 0.717) is 6.42 Å². The van der Waals surface area contributed by atoms with Crippen LogP contribution in [0.4, 0.5) is 14.5 Å². The van der Waals surface area contributed by atoms with E-state index < -0.39 is 23.1 Å². The lowest BCUT2D eigenvalue weighted by Gasteiger charge is -2.29. The molecule has 7 heteroatoms. The molecule has 2 heterocycles. The number of rotatable bonds is 2. The predicted octanol–water partition coefficient (Wildman–Crippen LogP) is 2.56. The topological polar surface area (TPSA) is 62.4 Å². The van der Waals surface area contributed by atoms with Crippen LogP contribution in [0, 0.1) is 18.6 Å². The summed E-state index contributed by atoms with van der Waals surface area (Å²) in [5, 5.41) is 0. The van der Waals surface area contributed by atoms with Crippen LogP contribution in [0.15, 0.2) is 23.0 Å². The lowest BCUT2D eigenvalue weighted by molar-refractivity contribution is 0.0974. The first-order chi connectivity index (χ1) is 11.4. The largest absolute Gasteiger partial charge is 0.489 e. The van der Waals surface area contributed by atoms with Gasteiger partial charge in [0.25, 0.3) is 11.5 Å². The smallest absolute Gasteiger partial charge is 0.264 e. The highest BCUT2D eigenvalue weighted by atomic mass is 19.2. The summed E-state index contributed by atoms with van der Waals surface area (Å²) < 4.78 is 32.2. The molecule has 5 nitrogen and oxygen atoms in total. The Balaban J connectivity index is 2.06. The van der Waals surface area contributed by atoms with Crippen molar-refractivity contribution in [3.05, 3.63) is 57.0 Å². The Hall–Kier alpha value is -2.70. The molecule has 1 aliphatic rings. The average Bonchev–Trinajstić information content (AvgIpc) is 2.56. The monoisotopic (exact) mass is 334 g/mol. The van der Waals surface area contributed by atoms with Crippen molar-refractivity contribution in [2.24, 2.45) is 0 Å². The predicted molar refractivity (Wildman–Crippen MR) is 84.7 cm³/mol. The van der Waals surface area contributed by atoms with Crippen LogP contribution >= 0.6 is 0 Å². The third kappa shape index (κ3) is 2.66. The minimum absolute atomic E-state index is 0.0396. The van der Waals surface area contributed by atoms with Crippen LogP contribution < -0.4 is 15.2 Å². The Kier molecular flexibility index (Phi) is 4.09. The lowest BCUT2D eigenvalue weighted by atomic mass is 10.1. The van der Waals surface area contributed by atoms with Gasteiger partial charge in [0.15, 0.2) is 11.6 Å². The van der Waals surface area contributed by atoms with Gasteiger partial charge in [-0.3, -0.25) is 9.59 Å². The number of halogens is 2. The molecule has 24 heavy (non-hydrogen) atoms. The second-order valence-corrected chi connectivity index (χ2v) is 5.57. The number of fused-ring (bicyclic) bond motifs is 1. The summed E-state index contributed by atoms with van der Waals surface area (Å²) in [7, 11) is 0. The number of anilines is 1. The molecule has 0 atom stereocenters. The van der Waals surface area contributed by atoms with Gasteiger partial charge < -0.3 is 14.6 Å². The maximum atomic E-state index is 13.6. The minimum atomic E-state index is -1.08. The summed E-state index contributed by atoms with van der Waals surface area (Å²) in [5.74, 6) is -2.63. The van der Waals surface area contributed by atoms with Crippen LogP contribution in [0.3, 0.4) is 0 Å². The average molecular weight is 334 g/mol. The van der Waals surface area contributed by atoms with Crippen LogP contribution in [0.25, 0.3) is 0 Å². The number of pyridine rings is 1. The number of hydrogen-bond donors (Lipinski definition) is 1. The molecule has 0 saturated carbocycles. The zero-order valence-corrected chi connectivity index (χ0v) is 13.3. The Bertz CT molecular complexity index is 877. The van der Waals surface area contributed by atoms with E-state index in [1.54, 1.807) is 6.92 Å². The molecule has 0 spiro atoms. The lowest BCUT2D eigenvalue weighted by Crippen LogP contribution is -2.40. The van der Waals surface area contributed by atoms with Crippen molar-refractivity contribution in [3.8, 4) is 5.75 Å². The van der Waals surface area contributed by atoms with Gasteiger partial charge in [-0.15, -0.1) is 0 Å². The third-order valence-corrected chi connectivity index (χ3v) is 4.04. The number of amides is 1. The molecular weight excluding hydrogens is 318 g/mol. The highest BCUT2D eigenvalue weighted by molar-refractivity contribution is 6.07. The summed E-state index contributed by atoms with van der Waals surface area (Å²) in [6.45, 7) is 3.97. The Labute approximate surface area is 136 Å². The van der Waals surface area contributed by atoms with Gasteiger partial charge in [0.2, 0.25) is 0 Å². The van der Waals surface area contributed by atoms with E-state index in [-0.39, 0.29) is 30.2 Å². The van der Waals surface area contributed by atoms with E-state index in [4.69, 9.17) is 4.74 Å². The Morgan fingerprint density at radius 2 is 2.00 bits per heavy atom. The fourth-order valence-corrected chi connectivity index (χ4v) is 2.77. The van der Waals surface area contributed by atoms with Gasteiger partial charge in [-0.25, -0.2) is 8.78 Å². The molecular formula is C17H16F2N2O3. The molecule has 0 fully saturated rings. The number of nitrogens with one attached hydrogen (secondary N) is 1. The molecule has 0 radical (unpaired) electrons. The summed E-state index contributed by atoms with van der Waals surface area (Å²) >= 11 is 0. The fraction of sp³-hybridized carbons (Fsp3) is 0.294. The maximum absolute atomic E-state index is 13.6. The summed E-state index contributed by atoms with van der Waals surface area (Å²) in [4.78, 5) is 28.9. The van der Waals surface area contributed by atoms with E-state index in [9.17, 15) is 18.4 Å². The maximum Gasteiger partial charge on any atom is 0.264 e. The first-order valence-corrected chi connectivity index (χ1v) is 7.59. The molecule has 1 aromatic carbocycles. The number of aromatic amines is 1. The SMILES string of the molecule is CCc1[nH]c(=O)c(C(=O)N2CCOc3cc(F)c(F)cc32)cc1C. The minimum Gasteiger partial charge on any atom is -0.489 e. The van der Waals surface area contributed by atoms with Gasteiger partial charge in [-0.05, 0) is 25.0 Å². The molecule has 3 rings (SSSR count). The van der Waals surface area contributed by atoms with Gasteiger partial charge >= 0.3 is 0 Å². The Morgan fingerprint density at radius 1 is 1.29 bits per heavy atom. The van der Waals surface area contributed by atoms with Gasteiger partial charge in [0, 0.05) is 17.8 Å². The highest BCUT2D eigenvalue weighted by Crippen LogP contribution is 2.34. The number of hydrogen-bond acceptors (Lipinski definition) is 3. The summed E-state index contributed by atoms with van der Waals surface area (Å²) in [6.07, 6.45) is 0.639. The first kappa shape index (κ1) is 16.2. The molecule has 0 saturated heterocycles. The fourth-order valence-electron chi connectivity index (χ4n) is 2.77. The Morgan fingerprint density at radius 3 is 2.71 bits per heavy atom. The molecule has 0 unspecified atom stereocenters. The highest BCUT2D eigenvalue weighted by Gasteiger charge is 2.28. The van der Waals surface area contributed by atoms with Crippen molar-refractivity contribution in [2.45, 2.75) is 20.3 Å². The summed E-state index contributed by atoms with van der Waals surface area (Å²) in [6, 6.07) is 3.33. The standard InChI is InChI=1S/C17H16F2N2O3/c1-3-13-9(2)6-10(16(22)20-13)17(23)21-4-5-24-15-8-12(19)11(18)7-14(15)21/h6-8H,3-5H2,1-2H3,(H,20,22). The number of carbonyl (C=O) groups is 1. The van der Waals surface area contributed by atoms with E-state index in [2.05, 4.69) is 4.98 Å². The van der Waals surface area contributed by atoms with Crippen LogP contribution in [0.2, 0.25) is 0 Å². The number of carbonyl (C=O) groups excluding carboxylic acids is 1. The molecule has 1 aromatic heterocycles. The van der Waals surface area contributed by atoms with E-state index in [1.807, 2.05) is 6.92 Å². The van der Waals surface area contributed by atoms with E-state index >= 15 is 0 Å². The third-order valence-electron chi connectivity index (χ3n) is 4.04. The van der Waals surface area contributed by atoms with E-state index in [0.717, 1.165) is 23.4 Å². The zero-order valence-electron chi connectivity index (χ0n) is 13.3. The van der Waals surface area contributed by atoms with Crippen molar-refractivity contribution in [2.75, 3.05) is 18.1 Å². The van der Waals surface area contributed by atoms with Crippen molar-refractivity contribution in [1.29, 1.82) is 0 Å². The summed E-state index contributed by atoms with van der Waals surface area (Å²) in [5.41, 5.74) is 1.12. The van der Waals surface area contributed by atoms with Crippen molar-refractivity contribution < 1.29 is 18.3 Å². The molecule has 1 amide bonds. The van der Waals surface area contributed by atoms with Gasteiger partial charge in [0.1, 0.15) is 17.9 Å².